The van der Waals surface area contributed by atoms with E-state index in [2.05, 4.69) is 16.7 Å². The van der Waals surface area contributed by atoms with E-state index in [1.54, 1.807) is 0 Å². The minimum atomic E-state index is 0.789. The fourth-order valence-electron chi connectivity index (χ4n) is 2.36. The van der Waals surface area contributed by atoms with Gasteiger partial charge in [0.2, 0.25) is 0 Å². The van der Waals surface area contributed by atoms with Gasteiger partial charge >= 0.3 is 0 Å². The molecule has 3 nitrogen and oxygen atoms in total. The van der Waals surface area contributed by atoms with Crippen LogP contribution in [0.5, 0.6) is 5.75 Å². The predicted molar refractivity (Wildman–Crippen MR) is 75.1 cm³/mol. The third-order valence-electron chi connectivity index (χ3n) is 3.42. The topological polar surface area (TPSA) is 15.7 Å². The van der Waals surface area contributed by atoms with Crippen LogP contribution in [-0.4, -0.2) is 55.7 Å². The van der Waals surface area contributed by atoms with Gasteiger partial charge in [0.15, 0.2) is 0 Å². The van der Waals surface area contributed by atoms with Gasteiger partial charge in [-0.25, -0.2) is 0 Å². The molecule has 0 spiro atoms. The monoisotopic (exact) mass is 248 g/mol. The number of benzene rings is 1. The normalized spacial score (nSPS) is 17.8. The van der Waals surface area contributed by atoms with Crippen LogP contribution in [0.2, 0.25) is 0 Å². The van der Waals surface area contributed by atoms with Crippen molar-refractivity contribution in [1.29, 1.82) is 0 Å². The van der Waals surface area contributed by atoms with E-state index in [9.17, 15) is 0 Å². The smallest absolute Gasteiger partial charge is 0.119 e. The molecule has 1 aromatic rings. The first-order valence-electron chi connectivity index (χ1n) is 7.01. The predicted octanol–water partition coefficient (Wildman–Crippen LogP) is 2.09. The van der Waals surface area contributed by atoms with Crippen LogP contribution < -0.4 is 4.74 Å². The summed E-state index contributed by atoms with van der Waals surface area (Å²) in [5, 5.41) is 0. The molecule has 1 heterocycles. The third kappa shape index (κ3) is 4.31. The molecule has 0 atom stereocenters. The van der Waals surface area contributed by atoms with Gasteiger partial charge in [0.25, 0.3) is 0 Å². The van der Waals surface area contributed by atoms with Crippen LogP contribution in [0.4, 0.5) is 0 Å². The molecule has 0 aliphatic carbocycles. The van der Waals surface area contributed by atoms with Gasteiger partial charge in [-0.2, -0.15) is 0 Å². The van der Waals surface area contributed by atoms with Crippen LogP contribution in [-0.2, 0) is 0 Å². The van der Waals surface area contributed by atoms with Gasteiger partial charge < -0.3 is 9.64 Å². The van der Waals surface area contributed by atoms with Crippen LogP contribution in [0.15, 0.2) is 30.3 Å². The first-order chi connectivity index (χ1) is 8.88. The Hall–Kier alpha value is -1.06. The lowest BCUT2D eigenvalue weighted by molar-refractivity contribution is 0.117. The Morgan fingerprint density at radius 1 is 0.944 bits per heavy atom. The first-order valence-corrected chi connectivity index (χ1v) is 7.01. The largest absolute Gasteiger partial charge is 0.492 e. The highest BCUT2D eigenvalue weighted by molar-refractivity contribution is 5.20. The molecular formula is C15H24N2O. The molecule has 0 unspecified atom stereocenters. The molecule has 1 aromatic carbocycles. The van der Waals surface area contributed by atoms with E-state index in [0.717, 1.165) is 18.9 Å². The molecule has 0 radical (unpaired) electrons. The Morgan fingerprint density at radius 2 is 1.56 bits per heavy atom. The zero-order valence-corrected chi connectivity index (χ0v) is 11.3. The van der Waals surface area contributed by atoms with E-state index >= 15 is 0 Å². The number of hydrogen-bond acceptors (Lipinski definition) is 3. The highest BCUT2D eigenvalue weighted by Crippen LogP contribution is 2.08. The summed E-state index contributed by atoms with van der Waals surface area (Å²) in [4.78, 5) is 5.05. The van der Waals surface area contributed by atoms with Gasteiger partial charge in [-0.05, 0) is 25.1 Å². The van der Waals surface area contributed by atoms with Crippen molar-refractivity contribution in [3.8, 4) is 5.75 Å². The van der Waals surface area contributed by atoms with Crippen molar-refractivity contribution in [2.24, 2.45) is 0 Å². The third-order valence-corrected chi connectivity index (χ3v) is 3.42. The van der Waals surface area contributed by atoms with Crippen molar-refractivity contribution >= 4 is 0 Å². The van der Waals surface area contributed by atoms with E-state index < -0.39 is 0 Å². The van der Waals surface area contributed by atoms with Gasteiger partial charge in [0, 0.05) is 32.7 Å². The second kappa shape index (κ2) is 7.39. The SMILES string of the molecule is CCCN1CCN(CCOc2ccccc2)CC1. The first kappa shape index (κ1) is 13.4. The molecule has 1 fully saturated rings. The Bertz CT molecular complexity index is 321. The van der Waals surface area contributed by atoms with Crippen molar-refractivity contribution in [1.82, 2.24) is 9.80 Å². The molecule has 0 N–H and O–H groups in total. The lowest BCUT2D eigenvalue weighted by atomic mass is 10.3. The lowest BCUT2D eigenvalue weighted by Crippen LogP contribution is -2.47. The summed E-state index contributed by atoms with van der Waals surface area (Å²) in [7, 11) is 0. The zero-order valence-electron chi connectivity index (χ0n) is 11.3. The second-order valence-corrected chi connectivity index (χ2v) is 4.84. The van der Waals surface area contributed by atoms with Crippen LogP contribution >= 0.6 is 0 Å². The molecule has 0 aromatic heterocycles. The molecule has 100 valence electrons. The van der Waals surface area contributed by atoms with Gasteiger partial charge in [-0.1, -0.05) is 25.1 Å². The second-order valence-electron chi connectivity index (χ2n) is 4.84. The van der Waals surface area contributed by atoms with E-state index in [4.69, 9.17) is 4.74 Å². The van der Waals surface area contributed by atoms with Crippen LogP contribution in [0.25, 0.3) is 0 Å². The molecular weight excluding hydrogens is 224 g/mol. The molecule has 0 saturated carbocycles. The van der Waals surface area contributed by atoms with Crippen molar-refractivity contribution in [2.45, 2.75) is 13.3 Å². The molecule has 3 heteroatoms. The summed E-state index contributed by atoms with van der Waals surface area (Å²) >= 11 is 0. The molecule has 1 aliphatic heterocycles. The maximum Gasteiger partial charge on any atom is 0.119 e. The molecule has 1 saturated heterocycles. The van der Waals surface area contributed by atoms with E-state index in [1.165, 1.54) is 39.1 Å². The summed E-state index contributed by atoms with van der Waals surface area (Å²) in [5.41, 5.74) is 0. The number of rotatable bonds is 6. The minimum Gasteiger partial charge on any atom is -0.492 e. The van der Waals surface area contributed by atoms with Crippen LogP contribution in [0, 0.1) is 0 Å². The summed E-state index contributed by atoms with van der Waals surface area (Å²) in [6.45, 7) is 10.1. The van der Waals surface area contributed by atoms with E-state index in [0.29, 0.717) is 0 Å². The minimum absolute atomic E-state index is 0.789. The number of para-hydroxylation sites is 1. The highest BCUT2D eigenvalue weighted by Gasteiger charge is 2.15. The maximum atomic E-state index is 5.73. The van der Waals surface area contributed by atoms with Crippen molar-refractivity contribution < 1.29 is 4.74 Å². The fraction of sp³-hybridized carbons (Fsp3) is 0.600. The van der Waals surface area contributed by atoms with Crippen LogP contribution in [0.3, 0.4) is 0 Å². The number of ether oxygens (including phenoxy) is 1. The van der Waals surface area contributed by atoms with Crippen LogP contribution in [0.1, 0.15) is 13.3 Å². The number of hydrogen-bond donors (Lipinski definition) is 0. The number of nitrogens with zero attached hydrogens (tertiary/aromatic N) is 2. The Balaban J connectivity index is 1.61. The average Bonchev–Trinajstić information content (AvgIpc) is 2.42. The summed E-state index contributed by atoms with van der Waals surface area (Å²) < 4.78 is 5.73. The van der Waals surface area contributed by atoms with Gasteiger partial charge in [-0.3, -0.25) is 4.90 Å². The standard InChI is InChI=1S/C15H24N2O/c1-2-8-16-9-11-17(12-10-16)13-14-18-15-6-4-3-5-7-15/h3-7H,2,8-14H2,1H3. The molecule has 1 aliphatic rings. The average molecular weight is 248 g/mol. The van der Waals surface area contributed by atoms with Crippen molar-refractivity contribution in [3.05, 3.63) is 30.3 Å². The van der Waals surface area contributed by atoms with Gasteiger partial charge in [0.05, 0.1) is 0 Å². The summed E-state index contributed by atoms with van der Waals surface area (Å²) in [5.74, 6) is 0.974. The molecule has 0 bridgehead atoms. The summed E-state index contributed by atoms with van der Waals surface area (Å²) in [6.07, 6.45) is 1.26. The van der Waals surface area contributed by atoms with Crippen molar-refractivity contribution in [2.75, 3.05) is 45.9 Å². The van der Waals surface area contributed by atoms with Gasteiger partial charge in [0.1, 0.15) is 12.4 Å². The van der Waals surface area contributed by atoms with E-state index in [-0.39, 0.29) is 0 Å². The van der Waals surface area contributed by atoms with E-state index in [1.807, 2.05) is 30.3 Å². The summed E-state index contributed by atoms with van der Waals surface area (Å²) in [6, 6.07) is 10.1. The Morgan fingerprint density at radius 3 is 2.17 bits per heavy atom. The Labute approximate surface area is 110 Å². The van der Waals surface area contributed by atoms with Crippen molar-refractivity contribution in [3.63, 3.8) is 0 Å². The zero-order chi connectivity index (χ0) is 12.6. The molecule has 2 rings (SSSR count). The van der Waals surface area contributed by atoms with Gasteiger partial charge in [-0.15, -0.1) is 0 Å². The molecule has 0 amide bonds. The quantitative estimate of drug-likeness (QED) is 0.766. The lowest BCUT2D eigenvalue weighted by Gasteiger charge is -2.34. The number of piperazine rings is 1. The Kier molecular flexibility index (Phi) is 5.49. The molecule has 18 heavy (non-hydrogen) atoms. The maximum absolute atomic E-state index is 5.73. The fourth-order valence-corrected chi connectivity index (χ4v) is 2.36. The highest BCUT2D eigenvalue weighted by atomic mass is 16.5.